The third-order valence-corrected chi connectivity index (χ3v) is 2.07. The quantitative estimate of drug-likeness (QED) is 0.639. The average molecular weight is 226 g/mol. The molecule has 0 aromatic heterocycles. The molecule has 0 heterocycles. The molecular weight excluding hydrogens is 212 g/mol. The number of phenolic OH excluding ortho intramolecular Hbond substituents is 1. The second kappa shape index (κ2) is 5.48. The maximum atomic E-state index is 11.5. The molecule has 0 aliphatic rings. The zero-order valence-corrected chi connectivity index (χ0v) is 8.88. The molecule has 0 amide bonds. The summed E-state index contributed by atoms with van der Waals surface area (Å²) in [6.07, 6.45) is -1.10. The van der Waals surface area contributed by atoms with Crippen molar-refractivity contribution in [1.82, 2.24) is 0 Å². The van der Waals surface area contributed by atoms with Gasteiger partial charge in [-0.15, -0.1) is 0 Å². The topological polar surface area (TPSA) is 87.0 Å². The van der Waals surface area contributed by atoms with Gasteiger partial charge in [-0.25, -0.2) is 4.79 Å². The van der Waals surface area contributed by atoms with Crippen LogP contribution in [-0.2, 0) is 4.74 Å². The predicted octanol–water partition coefficient (Wildman–Crippen LogP) is 0.211. The van der Waals surface area contributed by atoms with Crippen LogP contribution in [-0.4, -0.2) is 40.6 Å². The lowest BCUT2D eigenvalue weighted by Crippen LogP contribution is -2.22. The number of hydrogen-bond donors (Lipinski definition) is 3. The minimum Gasteiger partial charge on any atom is -0.507 e. The number of ether oxygens (including phenoxy) is 1. The smallest absolute Gasteiger partial charge is 0.342 e. The Bertz CT molecular complexity index is 354. The van der Waals surface area contributed by atoms with Gasteiger partial charge in [0.05, 0.1) is 6.61 Å². The summed E-state index contributed by atoms with van der Waals surface area (Å²) in [6.45, 7) is 0.884. The molecular formula is C11H14O5. The largest absolute Gasteiger partial charge is 0.507 e. The first-order valence-electron chi connectivity index (χ1n) is 4.81. The molecule has 88 valence electrons. The van der Waals surface area contributed by atoms with Crippen LogP contribution in [0.15, 0.2) is 18.2 Å². The van der Waals surface area contributed by atoms with E-state index in [9.17, 15) is 9.90 Å². The summed E-state index contributed by atoms with van der Waals surface area (Å²) in [5.74, 6) is -0.883. The summed E-state index contributed by atoms with van der Waals surface area (Å²) in [7, 11) is 0. The molecule has 0 aliphatic carbocycles. The Balaban J connectivity index is 2.73. The third-order valence-electron chi connectivity index (χ3n) is 2.07. The molecule has 5 heteroatoms. The number of aliphatic hydroxyl groups is 2. The monoisotopic (exact) mass is 226 g/mol. The number of hydrogen-bond acceptors (Lipinski definition) is 5. The first kappa shape index (κ1) is 12.5. The maximum Gasteiger partial charge on any atom is 0.342 e. The van der Waals surface area contributed by atoms with Crippen LogP contribution in [0.4, 0.5) is 0 Å². The number of aromatic hydroxyl groups is 1. The number of aryl methyl sites for hydroxylation is 1. The van der Waals surface area contributed by atoms with E-state index in [0.29, 0.717) is 5.56 Å². The van der Waals surface area contributed by atoms with Crippen molar-refractivity contribution in [2.45, 2.75) is 13.0 Å². The fourth-order valence-electron chi connectivity index (χ4n) is 1.21. The van der Waals surface area contributed by atoms with Crippen molar-refractivity contribution in [2.75, 3.05) is 13.2 Å². The number of aliphatic hydroxyl groups excluding tert-OH is 2. The molecule has 3 N–H and O–H groups in total. The predicted molar refractivity (Wildman–Crippen MR) is 56.2 cm³/mol. The summed E-state index contributed by atoms with van der Waals surface area (Å²) >= 11 is 0. The van der Waals surface area contributed by atoms with Crippen molar-refractivity contribution < 1.29 is 24.9 Å². The van der Waals surface area contributed by atoms with Gasteiger partial charge in [-0.1, -0.05) is 12.1 Å². The number of rotatable bonds is 4. The van der Waals surface area contributed by atoms with Crippen LogP contribution in [0.25, 0.3) is 0 Å². The van der Waals surface area contributed by atoms with Gasteiger partial charge in [-0.05, 0) is 18.6 Å². The number of carbonyl (C=O) groups is 1. The zero-order valence-electron chi connectivity index (χ0n) is 8.88. The van der Waals surface area contributed by atoms with Crippen LogP contribution in [0.5, 0.6) is 5.75 Å². The van der Waals surface area contributed by atoms with E-state index >= 15 is 0 Å². The van der Waals surface area contributed by atoms with Crippen molar-refractivity contribution in [3.05, 3.63) is 29.3 Å². The molecule has 0 bridgehead atoms. The minimum absolute atomic E-state index is 0.0765. The van der Waals surface area contributed by atoms with Gasteiger partial charge < -0.3 is 20.1 Å². The Hall–Kier alpha value is -1.59. The lowest BCUT2D eigenvalue weighted by atomic mass is 10.1. The molecule has 0 fully saturated rings. The van der Waals surface area contributed by atoms with E-state index in [1.54, 1.807) is 19.1 Å². The standard InChI is InChI=1S/C11H14O5/c1-7-3-2-4-9(14)10(7)11(15)16-6-8(13)5-12/h2-4,8,12-14H,5-6H2,1H3. The second-order valence-corrected chi connectivity index (χ2v) is 3.40. The van der Waals surface area contributed by atoms with E-state index in [1.807, 2.05) is 0 Å². The van der Waals surface area contributed by atoms with Crippen molar-refractivity contribution in [3.8, 4) is 5.75 Å². The minimum atomic E-state index is -1.10. The summed E-state index contributed by atoms with van der Waals surface area (Å²) in [5.41, 5.74) is 0.663. The number of carbonyl (C=O) groups excluding carboxylic acids is 1. The van der Waals surface area contributed by atoms with Crippen LogP contribution >= 0.6 is 0 Å². The van der Waals surface area contributed by atoms with Gasteiger partial charge in [0.2, 0.25) is 0 Å². The Morgan fingerprint density at radius 1 is 1.50 bits per heavy atom. The van der Waals surface area contributed by atoms with Gasteiger partial charge in [0, 0.05) is 0 Å². The Labute approximate surface area is 92.9 Å². The molecule has 0 radical (unpaired) electrons. The highest BCUT2D eigenvalue weighted by Gasteiger charge is 2.16. The molecule has 0 saturated carbocycles. The van der Waals surface area contributed by atoms with Gasteiger partial charge >= 0.3 is 5.97 Å². The fraction of sp³-hybridized carbons (Fsp3) is 0.364. The summed E-state index contributed by atoms with van der Waals surface area (Å²) in [4.78, 5) is 11.5. The molecule has 16 heavy (non-hydrogen) atoms. The highest BCUT2D eigenvalue weighted by atomic mass is 16.5. The Kier molecular flexibility index (Phi) is 4.28. The van der Waals surface area contributed by atoms with Crippen molar-refractivity contribution >= 4 is 5.97 Å². The van der Waals surface area contributed by atoms with E-state index in [4.69, 9.17) is 14.9 Å². The molecule has 1 atom stereocenters. The molecule has 0 saturated heterocycles. The number of esters is 1. The normalized spacial score (nSPS) is 12.2. The number of benzene rings is 1. The van der Waals surface area contributed by atoms with Crippen molar-refractivity contribution in [1.29, 1.82) is 0 Å². The SMILES string of the molecule is Cc1cccc(O)c1C(=O)OCC(O)CO. The highest BCUT2D eigenvalue weighted by molar-refractivity contribution is 5.93. The first-order chi connectivity index (χ1) is 7.56. The van der Waals surface area contributed by atoms with Crippen LogP contribution in [0.2, 0.25) is 0 Å². The van der Waals surface area contributed by atoms with Crippen LogP contribution in [0.1, 0.15) is 15.9 Å². The van der Waals surface area contributed by atoms with Crippen molar-refractivity contribution in [3.63, 3.8) is 0 Å². The van der Waals surface area contributed by atoms with E-state index in [-0.39, 0.29) is 17.9 Å². The summed E-state index contributed by atoms with van der Waals surface area (Å²) < 4.78 is 4.73. The van der Waals surface area contributed by atoms with Crippen LogP contribution < -0.4 is 0 Å². The molecule has 1 aromatic carbocycles. The van der Waals surface area contributed by atoms with Gasteiger partial charge in [0.15, 0.2) is 0 Å². The van der Waals surface area contributed by atoms with E-state index < -0.39 is 18.7 Å². The third kappa shape index (κ3) is 2.95. The molecule has 1 aromatic rings. The van der Waals surface area contributed by atoms with Crippen molar-refractivity contribution in [2.24, 2.45) is 0 Å². The lowest BCUT2D eigenvalue weighted by Gasteiger charge is -2.10. The fourth-order valence-corrected chi connectivity index (χ4v) is 1.21. The maximum absolute atomic E-state index is 11.5. The Morgan fingerprint density at radius 3 is 2.75 bits per heavy atom. The van der Waals surface area contributed by atoms with Gasteiger partial charge in [0.25, 0.3) is 0 Å². The molecule has 1 unspecified atom stereocenters. The Morgan fingerprint density at radius 2 is 2.19 bits per heavy atom. The second-order valence-electron chi connectivity index (χ2n) is 3.40. The molecule has 1 rings (SSSR count). The average Bonchev–Trinajstić information content (AvgIpc) is 2.25. The van der Waals surface area contributed by atoms with E-state index in [0.717, 1.165) is 0 Å². The summed E-state index contributed by atoms with van der Waals surface area (Å²) in [5, 5.41) is 27.0. The van der Waals surface area contributed by atoms with E-state index in [2.05, 4.69) is 0 Å². The van der Waals surface area contributed by atoms with Gasteiger partial charge in [-0.3, -0.25) is 0 Å². The molecule has 0 spiro atoms. The van der Waals surface area contributed by atoms with Gasteiger partial charge in [-0.2, -0.15) is 0 Å². The highest BCUT2D eigenvalue weighted by Crippen LogP contribution is 2.21. The van der Waals surface area contributed by atoms with Crippen LogP contribution in [0.3, 0.4) is 0 Å². The number of phenols is 1. The lowest BCUT2D eigenvalue weighted by molar-refractivity contribution is 0.00907. The molecule has 5 nitrogen and oxygen atoms in total. The van der Waals surface area contributed by atoms with Crippen LogP contribution in [0, 0.1) is 6.92 Å². The first-order valence-corrected chi connectivity index (χ1v) is 4.81. The molecule has 0 aliphatic heterocycles. The summed E-state index contributed by atoms with van der Waals surface area (Å²) in [6, 6.07) is 4.66. The zero-order chi connectivity index (χ0) is 12.1. The van der Waals surface area contributed by atoms with E-state index in [1.165, 1.54) is 6.07 Å². The van der Waals surface area contributed by atoms with Gasteiger partial charge in [0.1, 0.15) is 24.0 Å².